The lowest BCUT2D eigenvalue weighted by atomic mass is 10.1. The second-order valence-corrected chi connectivity index (χ2v) is 5.89. The molecule has 1 heterocycles. The van der Waals surface area contributed by atoms with Gasteiger partial charge in [0.15, 0.2) is 5.78 Å². The molecule has 2 aromatic carbocycles. The van der Waals surface area contributed by atoms with Gasteiger partial charge < -0.3 is 10.1 Å². The lowest BCUT2D eigenvalue weighted by molar-refractivity contribution is 0.104. The zero-order chi connectivity index (χ0) is 16.4. The van der Waals surface area contributed by atoms with Crippen LogP contribution >= 0.6 is 15.9 Å². The molecule has 0 aliphatic carbocycles. The Hall–Kier alpha value is -2.66. The molecule has 3 aromatic rings. The van der Waals surface area contributed by atoms with Gasteiger partial charge in [-0.05, 0) is 35.9 Å². The summed E-state index contributed by atoms with van der Waals surface area (Å²) in [5.74, 6) is -0.841. The van der Waals surface area contributed by atoms with Crippen LogP contribution in [0, 0.1) is 0 Å². The van der Waals surface area contributed by atoms with Crippen molar-refractivity contribution >= 4 is 38.7 Å². The quantitative estimate of drug-likeness (QED) is 0.543. The number of fused-ring (bicyclic) bond motifs is 1. The number of nitrogens with one attached hydrogen (secondary N) is 1. The summed E-state index contributed by atoms with van der Waals surface area (Å²) in [5, 5.41) is 10.7. The van der Waals surface area contributed by atoms with Gasteiger partial charge in [-0.15, -0.1) is 0 Å². The minimum absolute atomic E-state index is 0.253. The van der Waals surface area contributed by atoms with Crippen molar-refractivity contribution < 1.29 is 9.90 Å². The largest absolute Gasteiger partial charge is 0.506 e. The standard InChI is InChI=1S/C18H12BrNO3/c19-12-8-5-11(6-9-12)7-10-15(21)16-17(22)13-3-1-2-4-14(13)20-18(16)23/h1-10H,(H2,20,22,23)/b10-7+. The Bertz CT molecular complexity index is 972. The number of carbonyl (C=O) groups excluding carboxylic acids is 1. The Kier molecular flexibility index (Phi) is 4.12. The molecule has 0 atom stereocenters. The number of hydrogen-bond acceptors (Lipinski definition) is 3. The maximum absolute atomic E-state index is 12.3. The predicted molar refractivity (Wildman–Crippen MR) is 93.7 cm³/mol. The lowest BCUT2D eigenvalue weighted by Crippen LogP contribution is -2.16. The first-order valence-electron chi connectivity index (χ1n) is 6.88. The van der Waals surface area contributed by atoms with Crippen LogP contribution in [0.3, 0.4) is 0 Å². The number of aromatic hydroxyl groups is 1. The summed E-state index contributed by atoms with van der Waals surface area (Å²) in [6.07, 6.45) is 2.88. The van der Waals surface area contributed by atoms with Crippen LogP contribution < -0.4 is 5.56 Å². The molecule has 0 saturated heterocycles. The van der Waals surface area contributed by atoms with Gasteiger partial charge in [0.05, 0.1) is 5.52 Å². The van der Waals surface area contributed by atoms with Crippen LogP contribution in [-0.4, -0.2) is 15.9 Å². The van der Waals surface area contributed by atoms with Crippen LogP contribution in [0.25, 0.3) is 17.0 Å². The number of aromatic nitrogens is 1. The number of aromatic amines is 1. The maximum atomic E-state index is 12.3. The van der Waals surface area contributed by atoms with Crippen LogP contribution in [0.1, 0.15) is 15.9 Å². The van der Waals surface area contributed by atoms with E-state index in [0.29, 0.717) is 10.9 Å². The van der Waals surface area contributed by atoms with Crippen molar-refractivity contribution in [3.8, 4) is 5.75 Å². The van der Waals surface area contributed by atoms with Gasteiger partial charge in [-0.3, -0.25) is 9.59 Å². The molecule has 0 bridgehead atoms. The Morgan fingerprint density at radius 1 is 1.09 bits per heavy atom. The van der Waals surface area contributed by atoms with E-state index >= 15 is 0 Å². The number of benzene rings is 2. The van der Waals surface area contributed by atoms with E-state index in [4.69, 9.17) is 0 Å². The Balaban J connectivity index is 2.01. The second-order valence-electron chi connectivity index (χ2n) is 4.97. The molecule has 0 spiro atoms. The summed E-state index contributed by atoms with van der Waals surface area (Å²) in [6, 6.07) is 14.2. The van der Waals surface area contributed by atoms with E-state index in [1.54, 1.807) is 30.3 Å². The third-order valence-electron chi connectivity index (χ3n) is 3.44. The van der Waals surface area contributed by atoms with E-state index in [9.17, 15) is 14.7 Å². The van der Waals surface area contributed by atoms with Crippen molar-refractivity contribution in [2.45, 2.75) is 0 Å². The number of para-hydroxylation sites is 1. The number of allylic oxidation sites excluding steroid dienone is 1. The van der Waals surface area contributed by atoms with Crippen molar-refractivity contribution in [2.24, 2.45) is 0 Å². The van der Waals surface area contributed by atoms with Gasteiger partial charge in [-0.2, -0.15) is 0 Å². The van der Waals surface area contributed by atoms with Crippen molar-refractivity contribution in [2.75, 3.05) is 0 Å². The van der Waals surface area contributed by atoms with Crippen molar-refractivity contribution in [3.63, 3.8) is 0 Å². The van der Waals surface area contributed by atoms with E-state index in [-0.39, 0.29) is 11.3 Å². The molecule has 0 aliphatic heterocycles. The Morgan fingerprint density at radius 3 is 2.52 bits per heavy atom. The van der Waals surface area contributed by atoms with Crippen molar-refractivity contribution in [1.82, 2.24) is 4.98 Å². The highest BCUT2D eigenvalue weighted by Crippen LogP contribution is 2.25. The summed E-state index contributed by atoms with van der Waals surface area (Å²) in [7, 11) is 0. The molecular formula is C18H12BrNO3. The first-order chi connectivity index (χ1) is 11.1. The van der Waals surface area contributed by atoms with Gasteiger partial charge in [0.1, 0.15) is 11.3 Å². The third-order valence-corrected chi connectivity index (χ3v) is 3.97. The topological polar surface area (TPSA) is 70.2 Å². The number of H-pyrrole nitrogens is 1. The molecule has 0 fully saturated rings. The van der Waals surface area contributed by atoms with E-state index in [1.807, 2.05) is 24.3 Å². The van der Waals surface area contributed by atoms with Crippen molar-refractivity contribution in [3.05, 3.63) is 80.6 Å². The molecule has 5 heteroatoms. The number of rotatable bonds is 3. The third kappa shape index (κ3) is 3.10. The fourth-order valence-electron chi connectivity index (χ4n) is 2.28. The summed E-state index contributed by atoms with van der Waals surface area (Å²) < 4.78 is 0.935. The summed E-state index contributed by atoms with van der Waals surface area (Å²) >= 11 is 3.33. The molecule has 4 nitrogen and oxygen atoms in total. The second kappa shape index (κ2) is 6.22. The zero-order valence-electron chi connectivity index (χ0n) is 11.9. The first kappa shape index (κ1) is 15.2. The fourth-order valence-corrected chi connectivity index (χ4v) is 2.55. The monoisotopic (exact) mass is 369 g/mol. The molecule has 0 aliphatic rings. The van der Waals surface area contributed by atoms with Gasteiger partial charge in [0.2, 0.25) is 0 Å². The van der Waals surface area contributed by atoms with E-state index in [2.05, 4.69) is 20.9 Å². The smallest absolute Gasteiger partial charge is 0.263 e. The molecule has 1 aromatic heterocycles. The zero-order valence-corrected chi connectivity index (χ0v) is 13.5. The summed E-state index contributed by atoms with van der Waals surface area (Å²) in [6.45, 7) is 0. The highest BCUT2D eigenvalue weighted by atomic mass is 79.9. The van der Waals surface area contributed by atoms with Gasteiger partial charge >= 0.3 is 0 Å². The molecule has 3 rings (SSSR count). The highest BCUT2D eigenvalue weighted by Gasteiger charge is 2.16. The number of hydrogen-bond donors (Lipinski definition) is 2. The number of carbonyl (C=O) groups is 1. The molecule has 0 saturated carbocycles. The molecule has 0 unspecified atom stereocenters. The average Bonchev–Trinajstić information content (AvgIpc) is 2.54. The van der Waals surface area contributed by atoms with E-state index in [0.717, 1.165) is 10.0 Å². The normalized spacial score (nSPS) is 11.2. The van der Waals surface area contributed by atoms with Crippen LogP contribution in [0.4, 0.5) is 0 Å². The first-order valence-corrected chi connectivity index (χ1v) is 7.67. The van der Waals surface area contributed by atoms with Crippen LogP contribution in [-0.2, 0) is 0 Å². The molecule has 114 valence electrons. The lowest BCUT2D eigenvalue weighted by Gasteiger charge is -2.04. The van der Waals surface area contributed by atoms with E-state index in [1.165, 1.54) is 6.08 Å². The SMILES string of the molecule is O=C(/C=C/c1ccc(Br)cc1)c1c(O)c2ccccc2[nH]c1=O. The van der Waals surface area contributed by atoms with Gasteiger partial charge in [-0.1, -0.05) is 46.3 Å². The molecule has 0 amide bonds. The fraction of sp³-hybridized carbons (Fsp3) is 0. The minimum atomic E-state index is -0.605. The predicted octanol–water partition coefficient (Wildman–Crippen LogP) is 3.89. The van der Waals surface area contributed by atoms with Crippen LogP contribution in [0.5, 0.6) is 5.75 Å². The number of halogens is 1. The average molecular weight is 370 g/mol. The number of pyridine rings is 1. The van der Waals surface area contributed by atoms with Gasteiger partial charge in [0, 0.05) is 9.86 Å². The van der Waals surface area contributed by atoms with Crippen molar-refractivity contribution in [1.29, 1.82) is 0 Å². The van der Waals surface area contributed by atoms with Crippen LogP contribution in [0.2, 0.25) is 0 Å². The Morgan fingerprint density at radius 2 is 1.78 bits per heavy atom. The summed E-state index contributed by atoms with van der Waals surface area (Å²) in [4.78, 5) is 27.0. The van der Waals surface area contributed by atoms with E-state index < -0.39 is 11.3 Å². The molecule has 2 N–H and O–H groups in total. The molecule has 0 radical (unpaired) electrons. The van der Waals surface area contributed by atoms with Crippen LogP contribution in [0.15, 0.2) is 63.9 Å². The minimum Gasteiger partial charge on any atom is -0.506 e. The molecular weight excluding hydrogens is 358 g/mol. The summed E-state index contributed by atoms with van der Waals surface area (Å²) in [5.41, 5.74) is 0.449. The maximum Gasteiger partial charge on any atom is 0.263 e. The highest BCUT2D eigenvalue weighted by molar-refractivity contribution is 9.10. The van der Waals surface area contributed by atoms with Gasteiger partial charge in [0.25, 0.3) is 5.56 Å². The van der Waals surface area contributed by atoms with Gasteiger partial charge in [-0.25, -0.2) is 0 Å². The number of ketones is 1. The Labute approximate surface area is 140 Å². The molecule has 23 heavy (non-hydrogen) atoms.